The topological polar surface area (TPSA) is 98.5 Å². The first-order chi connectivity index (χ1) is 12.1. The molecule has 2 amide bonds. The molecule has 0 aliphatic heterocycles. The van der Waals surface area contributed by atoms with Crippen LogP contribution in [-0.2, 0) is 19.7 Å². The molecule has 2 atom stereocenters. The number of rotatable bonds is 8. The molecule has 0 aliphatic rings. The van der Waals surface area contributed by atoms with Gasteiger partial charge < -0.3 is 15.8 Å². The fourth-order valence-corrected chi connectivity index (χ4v) is 2.63. The predicted molar refractivity (Wildman–Crippen MR) is 104 cm³/mol. The number of nitrogens with two attached hydrogens (primary N) is 1. The third kappa shape index (κ3) is 6.71. The summed E-state index contributed by atoms with van der Waals surface area (Å²) in [5.74, 6) is -1.09. The molecule has 0 bridgehead atoms. The summed E-state index contributed by atoms with van der Waals surface area (Å²) in [5.41, 5.74) is 6.68. The van der Waals surface area contributed by atoms with E-state index in [0.717, 1.165) is 5.56 Å². The maximum atomic E-state index is 12.5. The highest BCUT2D eigenvalue weighted by molar-refractivity contribution is 7.98. The van der Waals surface area contributed by atoms with Gasteiger partial charge in [-0.25, -0.2) is 4.79 Å². The van der Waals surface area contributed by atoms with Crippen molar-refractivity contribution in [2.24, 2.45) is 5.73 Å². The molecule has 0 heterocycles. The standard InChI is InChI=1S/C19H28N2O4S/c1-12(16(20)22)25-18(24)15(10-11-26-5)21-17(23)13-6-8-14(9-7-13)19(2,3)4/h6-9,12,15H,10-11H2,1-5H3,(H2,20,22)(H,21,23)/t12-,15+/m1/s1. The minimum absolute atomic E-state index is 0.00933. The van der Waals surface area contributed by atoms with E-state index in [4.69, 9.17) is 10.5 Å². The summed E-state index contributed by atoms with van der Waals surface area (Å²) in [6, 6.07) is 6.44. The van der Waals surface area contributed by atoms with Crippen LogP contribution in [0.1, 0.15) is 50.0 Å². The Labute approximate surface area is 159 Å². The number of amides is 2. The molecule has 26 heavy (non-hydrogen) atoms. The van der Waals surface area contributed by atoms with Gasteiger partial charge in [-0.15, -0.1) is 0 Å². The van der Waals surface area contributed by atoms with Gasteiger partial charge in [0.15, 0.2) is 6.10 Å². The van der Waals surface area contributed by atoms with Crippen LogP contribution in [0.5, 0.6) is 0 Å². The van der Waals surface area contributed by atoms with Crippen molar-refractivity contribution >= 4 is 29.5 Å². The van der Waals surface area contributed by atoms with E-state index < -0.39 is 24.0 Å². The van der Waals surface area contributed by atoms with Gasteiger partial charge in [-0.05, 0) is 48.5 Å². The number of ether oxygens (including phenoxy) is 1. The van der Waals surface area contributed by atoms with Crippen LogP contribution in [0.3, 0.4) is 0 Å². The monoisotopic (exact) mass is 380 g/mol. The molecule has 144 valence electrons. The summed E-state index contributed by atoms with van der Waals surface area (Å²) in [6.45, 7) is 7.68. The Hall–Kier alpha value is -2.02. The van der Waals surface area contributed by atoms with Crippen molar-refractivity contribution in [2.45, 2.75) is 51.7 Å². The molecule has 0 fully saturated rings. The molecule has 0 spiro atoms. The maximum Gasteiger partial charge on any atom is 0.329 e. The fourth-order valence-electron chi connectivity index (χ4n) is 2.16. The number of carbonyl (C=O) groups is 3. The molecule has 0 unspecified atom stereocenters. The molecule has 3 N–H and O–H groups in total. The summed E-state index contributed by atoms with van der Waals surface area (Å²) in [6.07, 6.45) is 1.26. The number of benzene rings is 1. The lowest BCUT2D eigenvalue weighted by Gasteiger charge is -2.20. The van der Waals surface area contributed by atoms with Crippen molar-refractivity contribution in [3.63, 3.8) is 0 Å². The smallest absolute Gasteiger partial charge is 0.329 e. The average Bonchev–Trinajstić information content (AvgIpc) is 2.57. The Bertz CT molecular complexity index is 638. The van der Waals surface area contributed by atoms with Crippen LogP contribution in [0, 0.1) is 0 Å². The van der Waals surface area contributed by atoms with Gasteiger partial charge in [-0.1, -0.05) is 32.9 Å². The van der Waals surface area contributed by atoms with Crippen molar-refractivity contribution in [3.8, 4) is 0 Å². The lowest BCUT2D eigenvalue weighted by atomic mass is 9.86. The molecule has 7 heteroatoms. The number of hydrogen-bond acceptors (Lipinski definition) is 5. The minimum atomic E-state index is -1.04. The maximum absolute atomic E-state index is 12.5. The van der Waals surface area contributed by atoms with Gasteiger partial charge in [0, 0.05) is 5.56 Å². The summed E-state index contributed by atoms with van der Waals surface area (Å²) in [7, 11) is 0. The van der Waals surface area contributed by atoms with Crippen LogP contribution in [0.15, 0.2) is 24.3 Å². The lowest BCUT2D eigenvalue weighted by Crippen LogP contribution is -2.44. The first kappa shape index (κ1) is 22.0. The van der Waals surface area contributed by atoms with E-state index in [-0.39, 0.29) is 11.3 Å². The third-order valence-corrected chi connectivity index (χ3v) is 4.55. The first-order valence-corrected chi connectivity index (χ1v) is 9.85. The highest BCUT2D eigenvalue weighted by Crippen LogP contribution is 2.22. The Balaban J connectivity index is 2.84. The van der Waals surface area contributed by atoms with E-state index in [1.807, 2.05) is 18.4 Å². The van der Waals surface area contributed by atoms with Crippen molar-refractivity contribution in [2.75, 3.05) is 12.0 Å². The van der Waals surface area contributed by atoms with E-state index in [1.54, 1.807) is 23.9 Å². The SMILES string of the molecule is CSCC[C@H](NC(=O)c1ccc(C(C)(C)C)cc1)C(=O)O[C@H](C)C(N)=O. The zero-order valence-corrected chi connectivity index (χ0v) is 16.8. The third-order valence-electron chi connectivity index (χ3n) is 3.91. The molecule has 6 nitrogen and oxygen atoms in total. The lowest BCUT2D eigenvalue weighted by molar-refractivity contribution is -0.155. The second kappa shape index (κ2) is 9.62. The normalized spacial score (nSPS) is 13.6. The van der Waals surface area contributed by atoms with Crippen LogP contribution >= 0.6 is 11.8 Å². The summed E-state index contributed by atoms with van der Waals surface area (Å²) in [4.78, 5) is 35.8. The van der Waals surface area contributed by atoms with E-state index >= 15 is 0 Å². The van der Waals surface area contributed by atoms with Crippen molar-refractivity contribution < 1.29 is 19.1 Å². The Morgan fingerprint density at radius 1 is 1.19 bits per heavy atom. The molecule has 0 radical (unpaired) electrons. The van der Waals surface area contributed by atoms with Gasteiger partial charge in [-0.3, -0.25) is 9.59 Å². The quantitative estimate of drug-likeness (QED) is 0.674. The first-order valence-electron chi connectivity index (χ1n) is 8.46. The zero-order chi connectivity index (χ0) is 19.9. The second-order valence-corrected chi connectivity index (χ2v) is 8.10. The van der Waals surface area contributed by atoms with Crippen LogP contribution in [0.2, 0.25) is 0 Å². The fraction of sp³-hybridized carbons (Fsp3) is 0.526. The molecular formula is C19H28N2O4S. The molecule has 0 saturated heterocycles. The predicted octanol–water partition coefficient (Wildman–Crippen LogP) is 2.25. The average molecular weight is 381 g/mol. The second-order valence-electron chi connectivity index (χ2n) is 7.12. The summed E-state index contributed by atoms with van der Waals surface area (Å²) in [5, 5.41) is 2.69. The zero-order valence-electron chi connectivity index (χ0n) is 16.0. The van der Waals surface area contributed by atoms with Crippen LogP contribution in [0.25, 0.3) is 0 Å². The van der Waals surface area contributed by atoms with Crippen molar-refractivity contribution in [1.82, 2.24) is 5.32 Å². The van der Waals surface area contributed by atoms with Crippen molar-refractivity contribution in [3.05, 3.63) is 35.4 Å². The number of esters is 1. The highest BCUT2D eigenvalue weighted by Gasteiger charge is 2.26. The minimum Gasteiger partial charge on any atom is -0.451 e. The van der Waals surface area contributed by atoms with E-state index in [1.165, 1.54) is 6.92 Å². The highest BCUT2D eigenvalue weighted by atomic mass is 32.2. The summed E-state index contributed by atoms with van der Waals surface area (Å²) < 4.78 is 5.03. The van der Waals surface area contributed by atoms with Gasteiger partial charge in [0.2, 0.25) is 0 Å². The molecule has 0 aromatic heterocycles. The molecule has 0 aliphatic carbocycles. The van der Waals surface area contributed by atoms with Crippen LogP contribution in [-0.4, -0.2) is 41.9 Å². The number of hydrogen-bond donors (Lipinski definition) is 2. The van der Waals surface area contributed by atoms with Gasteiger partial charge in [0.05, 0.1) is 0 Å². The number of carbonyl (C=O) groups excluding carboxylic acids is 3. The van der Waals surface area contributed by atoms with Gasteiger partial charge in [0.25, 0.3) is 11.8 Å². The van der Waals surface area contributed by atoms with E-state index in [2.05, 4.69) is 26.1 Å². The molecule has 1 aromatic carbocycles. The van der Waals surface area contributed by atoms with Crippen LogP contribution in [0.4, 0.5) is 0 Å². The van der Waals surface area contributed by atoms with Gasteiger partial charge in [-0.2, -0.15) is 11.8 Å². The largest absolute Gasteiger partial charge is 0.451 e. The Morgan fingerprint density at radius 3 is 2.23 bits per heavy atom. The number of primary amides is 1. The van der Waals surface area contributed by atoms with Gasteiger partial charge in [0.1, 0.15) is 6.04 Å². The van der Waals surface area contributed by atoms with Crippen LogP contribution < -0.4 is 11.1 Å². The van der Waals surface area contributed by atoms with E-state index in [9.17, 15) is 14.4 Å². The summed E-state index contributed by atoms with van der Waals surface area (Å²) >= 11 is 1.55. The number of thioether (sulfide) groups is 1. The Morgan fingerprint density at radius 2 is 1.77 bits per heavy atom. The number of nitrogens with one attached hydrogen (secondary N) is 1. The van der Waals surface area contributed by atoms with Crippen molar-refractivity contribution in [1.29, 1.82) is 0 Å². The Kier molecular flexibility index (Phi) is 8.14. The molecule has 1 rings (SSSR count). The molecule has 1 aromatic rings. The molecular weight excluding hydrogens is 352 g/mol. The van der Waals surface area contributed by atoms with E-state index in [0.29, 0.717) is 17.7 Å². The van der Waals surface area contributed by atoms with Gasteiger partial charge >= 0.3 is 5.97 Å². The molecule has 0 saturated carbocycles.